The minimum atomic E-state index is -0.623. The van der Waals surface area contributed by atoms with E-state index >= 15 is 0 Å². The second-order valence-corrected chi connectivity index (χ2v) is 9.21. The van der Waals surface area contributed by atoms with Crippen molar-refractivity contribution in [3.63, 3.8) is 0 Å². The highest BCUT2D eigenvalue weighted by Crippen LogP contribution is 2.31. The summed E-state index contributed by atoms with van der Waals surface area (Å²) in [6, 6.07) is 12.3. The van der Waals surface area contributed by atoms with Crippen molar-refractivity contribution in [2.24, 2.45) is 4.99 Å². The predicted octanol–water partition coefficient (Wildman–Crippen LogP) is 4.41. The maximum absolute atomic E-state index is 13.5. The van der Waals surface area contributed by atoms with Gasteiger partial charge in [-0.25, -0.2) is 9.79 Å². The lowest BCUT2D eigenvalue weighted by atomic mass is 9.95. The normalized spacial score (nSPS) is 16.0. The molecule has 164 valence electrons. The minimum absolute atomic E-state index is 0.234. The summed E-state index contributed by atoms with van der Waals surface area (Å²) in [5, 5.41) is 0.852. The fourth-order valence-corrected chi connectivity index (χ4v) is 4.96. The molecule has 0 aliphatic carbocycles. The number of hydrogen-bond acceptors (Lipinski definition) is 5. The highest BCUT2D eigenvalue weighted by atomic mass is 35.5. The summed E-state index contributed by atoms with van der Waals surface area (Å²) in [5.41, 5.74) is 3.31. The first-order valence-electron chi connectivity index (χ1n) is 10.0. The summed E-state index contributed by atoms with van der Waals surface area (Å²) >= 11 is 13.4. The molecule has 1 aliphatic heterocycles. The van der Waals surface area contributed by atoms with Crippen LogP contribution in [-0.2, 0) is 9.53 Å². The minimum Gasteiger partial charge on any atom is -0.463 e. The Hall–Kier alpha value is -2.67. The Morgan fingerprint density at radius 3 is 2.53 bits per heavy atom. The van der Waals surface area contributed by atoms with E-state index in [2.05, 4.69) is 4.99 Å². The van der Waals surface area contributed by atoms with Gasteiger partial charge in [-0.3, -0.25) is 9.36 Å². The van der Waals surface area contributed by atoms with Crippen LogP contribution in [-0.4, -0.2) is 17.1 Å². The molecule has 0 saturated heterocycles. The number of halogens is 2. The van der Waals surface area contributed by atoms with Crippen molar-refractivity contribution in [1.82, 2.24) is 4.57 Å². The average molecular weight is 487 g/mol. The molecule has 0 amide bonds. The van der Waals surface area contributed by atoms with Crippen LogP contribution in [0.15, 0.2) is 63.5 Å². The van der Waals surface area contributed by atoms with Gasteiger partial charge in [-0.1, -0.05) is 70.4 Å². The average Bonchev–Trinajstić information content (AvgIpc) is 3.05. The third-order valence-electron chi connectivity index (χ3n) is 5.15. The zero-order valence-electron chi connectivity index (χ0n) is 17.7. The van der Waals surface area contributed by atoms with Gasteiger partial charge in [0.25, 0.3) is 5.56 Å². The van der Waals surface area contributed by atoms with Crippen LogP contribution >= 0.6 is 34.5 Å². The first-order chi connectivity index (χ1) is 15.3. The number of carbonyl (C=O) groups is 1. The van der Waals surface area contributed by atoms with Crippen molar-refractivity contribution in [2.75, 3.05) is 6.61 Å². The molecule has 1 aromatic heterocycles. The summed E-state index contributed by atoms with van der Waals surface area (Å²) in [6.07, 6.45) is 1.75. The van der Waals surface area contributed by atoms with Crippen LogP contribution < -0.4 is 14.9 Å². The van der Waals surface area contributed by atoms with E-state index < -0.39 is 12.0 Å². The highest BCUT2D eigenvalue weighted by Gasteiger charge is 2.33. The lowest BCUT2D eigenvalue weighted by Gasteiger charge is -2.24. The fourth-order valence-electron chi connectivity index (χ4n) is 3.61. The number of benzene rings is 2. The van der Waals surface area contributed by atoms with E-state index in [0.717, 1.165) is 16.7 Å². The summed E-state index contributed by atoms with van der Waals surface area (Å²) < 4.78 is 7.36. The smallest absolute Gasteiger partial charge is 0.338 e. The molecule has 0 unspecified atom stereocenters. The molecule has 0 N–H and O–H groups in total. The van der Waals surface area contributed by atoms with Gasteiger partial charge in [-0.05, 0) is 50.1 Å². The number of ether oxygens (including phenoxy) is 1. The molecule has 32 heavy (non-hydrogen) atoms. The number of thiazole rings is 1. The molecule has 0 saturated carbocycles. The number of fused-ring (bicyclic) bond motifs is 1. The number of aryl methyl sites for hydroxylation is 1. The van der Waals surface area contributed by atoms with Gasteiger partial charge in [0.2, 0.25) is 0 Å². The Bertz CT molecular complexity index is 1420. The van der Waals surface area contributed by atoms with E-state index in [1.54, 1.807) is 42.7 Å². The lowest BCUT2D eigenvalue weighted by Crippen LogP contribution is -2.39. The van der Waals surface area contributed by atoms with Crippen molar-refractivity contribution in [3.05, 3.63) is 100 Å². The van der Waals surface area contributed by atoms with Crippen LogP contribution in [0.5, 0.6) is 0 Å². The summed E-state index contributed by atoms with van der Waals surface area (Å²) in [4.78, 5) is 31.5. The fraction of sp³-hybridized carbons (Fsp3) is 0.208. The number of rotatable bonds is 4. The van der Waals surface area contributed by atoms with Crippen LogP contribution in [0, 0.1) is 6.92 Å². The van der Waals surface area contributed by atoms with Crippen molar-refractivity contribution >= 4 is 46.6 Å². The second-order valence-electron chi connectivity index (χ2n) is 7.39. The number of carbonyl (C=O) groups excluding carboxylic acids is 1. The summed E-state index contributed by atoms with van der Waals surface area (Å²) in [6.45, 7) is 5.74. The molecule has 1 atom stereocenters. The molecule has 4 rings (SSSR count). The van der Waals surface area contributed by atoms with Gasteiger partial charge in [0.1, 0.15) is 0 Å². The zero-order chi connectivity index (χ0) is 23.0. The van der Waals surface area contributed by atoms with Gasteiger partial charge in [0.15, 0.2) is 4.80 Å². The summed E-state index contributed by atoms with van der Waals surface area (Å²) in [7, 11) is 0. The van der Waals surface area contributed by atoms with Gasteiger partial charge in [-0.2, -0.15) is 0 Å². The third kappa shape index (κ3) is 4.18. The standard InChI is InChI=1S/C24H20Cl2N2O3S/c1-4-31-23(30)20-14(3)27-24-28(21(20)16-8-5-13(2)6-9-16)22(29)19(32-24)12-15-7-10-17(25)18(26)11-15/h5-12,21H,4H2,1-3H3/b19-12+/t21-/m1/s1. The molecule has 0 bridgehead atoms. The van der Waals surface area contributed by atoms with E-state index in [1.807, 2.05) is 31.2 Å². The highest BCUT2D eigenvalue weighted by molar-refractivity contribution is 7.07. The predicted molar refractivity (Wildman–Crippen MR) is 128 cm³/mol. The quantitative estimate of drug-likeness (QED) is 0.513. The number of allylic oxidation sites excluding steroid dienone is 1. The molecule has 2 aromatic carbocycles. The van der Waals surface area contributed by atoms with Crippen molar-refractivity contribution in [1.29, 1.82) is 0 Å². The van der Waals surface area contributed by atoms with E-state index in [-0.39, 0.29) is 12.2 Å². The van der Waals surface area contributed by atoms with Gasteiger partial charge in [0, 0.05) is 0 Å². The first-order valence-corrected chi connectivity index (χ1v) is 11.6. The number of aromatic nitrogens is 1. The van der Waals surface area contributed by atoms with Gasteiger partial charge in [0.05, 0.1) is 38.5 Å². The Kier molecular flexibility index (Phi) is 6.38. The maximum atomic E-state index is 13.5. The zero-order valence-corrected chi connectivity index (χ0v) is 20.0. The van der Waals surface area contributed by atoms with Crippen LogP contribution in [0.3, 0.4) is 0 Å². The largest absolute Gasteiger partial charge is 0.463 e. The SMILES string of the molecule is CCOC(=O)C1=C(C)N=c2s/c(=C/c3ccc(Cl)c(Cl)c3)c(=O)n2[C@@H]1c1ccc(C)cc1. The third-order valence-corrected chi connectivity index (χ3v) is 6.87. The Morgan fingerprint density at radius 2 is 1.88 bits per heavy atom. The first kappa shape index (κ1) is 22.5. The number of nitrogens with zero attached hydrogens (tertiary/aromatic N) is 2. The molecule has 2 heterocycles. The Morgan fingerprint density at radius 1 is 1.16 bits per heavy atom. The molecule has 1 aliphatic rings. The molecular formula is C24H20Cl2N2O3S. The second kappa shape index (κ2) is 9.06. The Balaban J connectivity index is 1.95. The molecular weight excluding hydrogens is 467 g/mol. The van der Waals surface area contributed by atoms with E-state index in [4.69, 9.17) is 27.9 Å². The topological polar surface area (TPSA) is 60.7 Å². The van der Waals surface area contributed by atoms with Gasteiger partial charge in [-0.15, -0.1) is 0 Å². The molecule has 3 aromatic rings. The molecule has 0 fully saturated rings. The molecule has 8 heteroatoms. The number of hydrogen-bond donors (Lipinski definition) is 0. The van der Waals surface area contributed by atoms with Gasteiger partial charge >= 0.3 is 5.97 Å². The monoisotopic (exact) mass is 486 g/mol. The van der Waals surface area contributed by atoms with Crippen molar-refractivity contribution in [2.45, 2.75) is 26.8 Å². The number of esters is 1. The molecule has 5 nitrogen and oxygen atoms in total. The van der Waals surface area contributed by atoms with E-state index in [1.165, 1.54) is 11.3 Å². The van der Waals surface area contributed by atoms with Crippen molar-refractivity contribution in [3.8, 4) is 0 Å². The van der Waals surface area contributed by atoms with Crippen LogP contribution in [0.25, 0.3) is 6.08 Å². The Labute approximate surface area is 198 Å². The lowest BCUT2D eigenvalue weighted by molar-refractivity contribution is -0.139. The maximum Gasteiger partial charge on any atom is 0.338 e. The summed E-state index contributed by atoms with van der Waals surface area (Å²) in [5.74, 6) is -0.474. The molecule has 0 spiro atoms. The van der Waals surface area contributed by atoms with Gasteiger partial charge < -0.3 is 4.74 Å². The van der Waals surface area contributed by atoms with E-state index in [9.17, 15) is 9.59 Å². The molecule has 0 radical (unpaired) electrons. The van der Waals surface area contributed by atoms with Crippen LogP contribution in [0.4, 0.5) is 0 Å². The van der Waals surface area contributed by atoms with E-state index in [0.29, 0.717) is 30.6 Å². The van der Waals surface area contributed by atoms with Crippen LogP contribution in [0.2, 0.25) is 10.0 Å². The van der Waals surface area contributed by atoms with Crippen molar-refractivity contribution < 1.29 is 9.53 Å². The van der Waals surface area contributed by atoms with Crippen LogP contribution in [0.1, 0.15) is 36.6 Å².